The second-order valence-corrected chi connectivity index (χ2v) is 12.0. The largest absolute Gasteiger partial charge is 0.342 e. The van der Waals surface area contributed by atoms with Gasteiger partial charge in [-0.2, -0.15) is 0 Å². The van der Waals surface area contributed by atoms with Crippen LogP contribution in [0.25, 0.3) is 11.3 Å². The van der Waals surface area contributed by atoms with Crippen molar-refractivity contribution in [2.24, 2.45) is 5.92 Å². The number of halogens is 2. The van der Waals surface area contributed by atoms with E-state index in [4.69, 9.17) is 11.6 Å². The molecule has 40 heavy (non-hydrogen) atoms. The molecule has 1 unspecified atom stereocenters. The molecule has 1 aliphatic rings. The molecule has 0 aliphatic carbocycles. The summed E-state index contributed by atoms with van der Waals surface area (Å²) in [6, 6.07) is 8.69. The van der Waals surface area contributed by atoms with Gasteiger partial charge in [0, 0.05) is 56.8 Å². The zero-order valence-corrected chi connectivity index (χ0v) is 24.3. The first-order valence-corrected chi connectivity index (χ1v) is 15.0. The highest BCUT2D eigenvalue weighted by Crippen LogP contribution is 2.33. The fourth-order valence-electron chi connectivity index (χ4n) is 4.97. The molecule has 1 aromatic carbocycles. The van der Waals surface area contributed by atoms with Crippen molar-refractivity contribution in [2.75, 3.05) is 33.1 Å². The van der Waals surface area contributed by atoms with Crippen molar-refractivity contribution >= 4 is 33.4 Å². The van der Waals surface area contributed by atoms with Gasteiger partial charge in [-0.15, -0.1) is 11.6 Å². The maximum atomic E-state index is 15.3. The van der Waals surface area contributed by atoms with Gasteiger partial charge < -0.3 is 15.1 Å². The van der Waals surface area contributed by atoms with Crippen molar-refractivity contribution in [3.63, 3.8) is 0 Å². The van der Waals surface area contributed by atoms with Crippen LogP contribution < -0.4 is 5.32 Å². The molecule has 0 spiro atoms. The monoisotopic (exact) mass is 589 g/mol. The Kier molecular flexibility index (Phi) is 9.27. The molecule has 2 aromatic heterocycles. The Hall–Kier alpha value is -3.28. The number of hydrogen-bond acceptors (Lipinski definition) is 6. The van der Waals surface area contributed by atoms with E-state index in [1.165, 1.54) is 36.8 Å². The highest BCUT2D eigenvalue weighted by molar-refractivity contribution is 7.90. The molecule has 12 heteroatoms. The SMILES string of the molecule is CNCc1cc(-c2cc(C(C)N(C)C(=O)C3CCN(C(=O)CCl)CC3)ccc2F)n(S(=O)(=O)c2cccnc2)c1. The number of amides is 2. The molecule has 1 N–H and O–H groups in total. The van der Waals surface area contributed by atoms with E-state index in [2.05, 4.69) is 10.3 Å². The third kappa shape index (κ3) is 6.06. The number of aromatic nitrogens is 2. The van der Waals surface area contributed by atoms with Crippen LogP contribution in [0, 0.1) is 11.7 Å². The molecule has 1 atom stereocenters. The van der Waals surface area contributed by atoms with Crippen LogP contribution in [0.15, 0.2) is 59.9 Å². The summed E-state index contributed by atoms with van der Waals surface area (Å²) in [6.45, 7) is 3.18. The van der Waals surface area contributed by atoms with E-state index in [1.54, 1.807) is 42.1 Å². The van der Waals surface area contributed by atoms with Gasteiger partial charge in [0.05, 0.1) is 11.7 Å². The fourth-order valence-corrected chi connectivity index (χ4v) is 6.49. The van der Waals surface area contributed by atoms with Gasteiger partial charge in [0.1, 0.15) is 16.6 Å². The van der Waals surface area contributed by atoms with Crippen molar-refractivity contribution in [3.05, 3.63) is 71.9 Å². The topological polar surface area (TPSA) is 105 Å². The minimum Gasteiger partial charge on any atom is -0.342 e. The Balaban J connectivity index is 1.64. The van der Waals surface area contributed by atoms with E-state index < -0.39 is 21.9 Å². The van der Waals surface area contributed by atoms with Crippen molar-refractivity contribution < 1.29 is 22.4 Å². The third-order valence-corrected chi connectivity index (χ3v) is 9.29. The molecule has 0 radical (unpaired) electrons. The number of carbonyl (C=O) groups is 2. The molecule has 0 saturated carbocycles. The smallest absolute Gasteiger partial charge is 0.269 e. The summed E-state index contributed by atoms with van der Waals surface area (Å²) in [5.74, 6) is -1.10. The highest BCUT2D eigenvalue weighted by atomic mass is 35.5. The Morgan fingerprint density at radius 1 is 1.23 bits per heavy atom. The lowest BCUT2D eigenvalue weighted by molar-refractivity contribution is -0.140. The van der Waals surface area contributed by atoms with Crippen LogP contribution in [-0.4, -0.2) is 72.1 Å². The van der Waals surface area contributed by atoms with Crippen LogP contribution in [0.4, 0.5) is 4.39 Å². The Morgan fingerprint density at radius 3 is 2.58 bits per heavy atom. The number of benzene rings is 1. The van der Waals surface area contributed by atoms with Crippen LogP contribution in [0.3, 0.4) is 0 Å². The summed E-state index contributed by atoms with van der Waals surface area (Å²) in [5, 5.41) is 3.00. The average Bonchev–Trinajstić information content (AvgIpc) is 3.41. The van der Waals surface area contributed by atoms with Gasteiger partial charge in [-0.05, 0) is 68.3 Å². The molecule has 1 fully saturated rings. The second kappa shape index (κ2) is 12.5. The number of likely N-dealkylation sites (tertiary alicyclic amines) is 1. The van der Waals surface area contributed by atoms with Crippen LogP contribution in [0.1, 0.15) is 36.9 Å². The molecule has 1 saturated heterocycles. The van der Waals surface area contributed by atoms with E-state index in [-0.39, 0.29) is 39.8 Å². The molecule has 0 bridgehead atoms. The van der Waals surface area contributed by atoms with E-state index in [0.717, 1.165) is 3.97 Å². The van der Waals surface area contributed by atoms with Crippen molar-refractivity contribution in [1.82, 2.24) is 24.1 Å². The first kappa shape index (κ1) is 29.7. The lowest BCUT2D eigenvalue weighted by Gasteiger charge is -2.35. The summed E-state index contributed by atoms with van der Waals surface area (Å²) in [4.78, 5) is 32.4. The molecule has 214 valence electrons. The molecular weight excluding hydrogens is 557 g/mol. The van der Waals surface area contributed by atoms with Gasteiger partial charge in [-0.25, -0.2) is 16.8 Å². The van der Waals surface area contributed by atoms with Crippen molar-refractivity contribution in [2.45, 2.75) is 37.2 Å². The van der Waals surface area contributed by atoms with E-state index in [1.807, 2.05) is 6.92 Å². The first-order valence-electron chi connectivity index (χ1n) is 13.0. The van der Waals surface area contributed by atoms with Gasteiger partial charge in [0.15, 0.2) is 0 Å². The summed E-state index contributed by atoms with van der Waals surface area (Å²) in [6.07, 6.45) is 5.29. The fraction of sp³-hybridized carbons (Fsp3) is 0.393. The molecular formula is C28H33ClFN5O4S. The third-order valence-electron chi connectivity index (χ3n) is 7.40. The Labute approximate surface area is 239 Å². The maximum Gasteiger partial charge on any atom is 0.269 e. The van der Waals surface area contributed by atoms with E-state index in [9.17, 15) is 18.0 Å². The molecule has 3 heterocycles. The van der Waals surface area contributed by atoms with Gasteiger partial charge >= 0.3 is 0 Å². The Morgan fingerprint density at radius 2 is 1.95 bits per heavy atom. The minimum atomic E-state index is -4.06. The summed E-state index contributed by atoms with van der Waals surface area (Å²) >= 11 is 5.66. The van der Waals surface area contributed by atoms with Crippen molar-refractivity contribution in [3.8, 4) is 11.3 Å². The van der Waals surface area contributed by atoms with E-state index >= 15 is 4.39 Å². The van der Waals surface area contributed by atoms with Crippen LogP contribution >= 0.6 is 11.6 Å². The standard InChI is InChI=1S/C28H33ClFN5O4S/c1-19(33(3)28(37)21-8-11-34(12-9-21)27(36)15-29)22-6-7-25(30)24(14-22)26-13-20(16-31-2)18-35(26)40(38,39)23-5-4-10-32-17-23/h4-7,10,13-14,17-19,21,31H,8-9,11-12,15-16H2,1-3H3. The summed E-state index contributed by atoms with van der Waals surface area (Å²) in [7, 11) is -0.624. The predicted molar refractivity (Wildman–Crippen MR) is 151 cm³/mol. The van der Waals surface area contributed by atoms with Crippen LogP contribution in [0.2, 0.25) is 0 Å². The molecule has 2 amide bonds. The number of piperidine rings is 1. The number of nitrogens with one attached hydrogen (secondary N) is 1. The number of rotatable bonds is 9. The Bertz CT molecular complexity index is 1470. The molecule has 9 nitrogen and oxygen atoms in total. The average molecular weight is 590 g/mol. The zero-order chi connectivity index (χ0) is 29.0. The van der Waals surface area contributed by atoms with E-state index in [0.29, 0.717) is 43.6 Å². The number of carbonyl (C=O) groups excluding carboxylic acids is 2. The lowest BCUT2D eigenvalue weighted by atomic mass is 9.94. The normalized spacial score (nSPS) is 15.2. The van der Waals surface area contributed by atoms with Gasteiger partial charge in [0.2, 0.25) is 11.8 Å². The quantitative estimate of drug-likeness (QED) is 0.382. The van der Waals surface area contributed by atoms with Gasteiger partial charge in [-0.3, -0.25) is 14.6 Å². The first-order chi connectivity index (χ1) is 19.1. The minimum absolute atomic E-state index is 0.0167. The highest BCUT2D eigenvalue weighted by Gasteiger charge is 2.31. The van der Waals surface area contributed by atoms with Gasteiger partial charge in [-0.1, -0.05) is 6.07 Å². The molecule has 3 aromatic rings. The van der Waals surface area contributed by atoms with Crippen molar-refractivity contribution in [1.29, 1.82) is 0 Å². The number of pyridine rings is 1. The number of alkyl halides is 1. The van der Waals surface area contributed by atoms with Crippen LogP contribution in [0.5, 0.6) is 0 Å². The number of hydrogen-bond donors (Lipinski definition) is 1. The molecule has 4 rings (SSSR count). The lowest BCUT2D eigenvalue weighted by Crippen LogP contribution is -2.44. The zero-order valence-electron chi connectivity index (χ0n) is 22.7. The number of nitrogens with zero attached hydrogens (tertiary/aromatic N) is 4. The predicted octanol–water partition coefficient (Wildman–Crippen LogP) is 3.64. The summed E-state index contributed by atoms with van der Waals surface area (Å²) in [5.41, 5.74) is 1.59. The van der Waals surface area contributed by atoms with Gasteiger partial charge in [0.25, 0.3) is 10.0 Å². The second-order valence-electron chi connectivity index (χ2n) is 9.91. The maximum absolute atomic E-state index is 15.3. The summed E-state index contributed by atoms with van der Waals surface area (Å²) < 4.78 is 43.4. The molecule has 1 aliphatic heterocycles. The van der Waals surface area contributed by atoms with Crippen LogP contribution in [-0.2, 0) is 26.2 Å².